The summed E-state index contributed by atoms with van der Waals surface area (Å²) in [6.07, 6.45) is 1.12. The normalized spacial score (nSPS) is 14.8. The molecule has 150 valence electrons. The maximum Gasteiger partial charge on any atom is 0.241 e. The number of nitrogens with zero attached hydrogens (tertiary/aromatic N) is 1. The van der Waals surface area contributed by atoms with Crippen molar-refractivity contribution in [2.45, 2.75) is 58.4 Å². The topological polar surface area (TPSA) is 66.5 Å². The number of hydrogen-bond donors (Lipinski definition) is 1. The Morgan fingerprint density at radius 2 is 1.79 bits per heavy atom. The van der Waals surface area contributed by atoms with Gasteiger partial charge in [0.1, 0.15) is 0 Å². The van der Waals surface area contributed by atoms with Crippen LogP contribution in [0.4, 0.5) is 5.69 Å². The van der Waals surface area contributed by atoms with E-state index in [1.165, 1.54) is 5.56 Å². The average Bonchev–Trinajstić information content (AvgIpc) is 3.06. The summed E-state index contributed by atoms with van der Waals surface area (Å²) in [5.41, 5.74) is 6.11. The summed E-state index contributed by atoms with van der Waals surface area (Å²) in [5.74, 6) is 0.0614. The minimum Gasteiger partial charge on any atom is -0.312 e. The van der Waals surface area contributed by atoms with E-state index in [0.717, 1.165) is 27.9 Å². The van der Waals surface area contributed by atoms with Crippen LogP contribution in [0.2, 0.25) is 0 Å². The first-order valence-corrected chi connectivity index (χ1v) is 11.2. The van der Waals surface area contributed by atoms with Crippen LogP contribution in [0.25, 0.3) is 0 Å². The van der Waals surface area contributed by atoms with Gasteiger partial charge in [-0.25, -0.2) is 13.1 Å². The van der Waals surface area contributed by atoms with E-state index in [1.54, 1.807) is 23.1 Å². The molecule has 0 spiro atoms. The van der Waals surface area contributed by atoms with Crippen LogP contribution in [0.3, 0.4) is 0 Å². The number of nitrogens with one attached hydrogen (secondary N) is 1. The monoisotopic (exact) mass is 400 g/mol. The van der Waals surface area contributed by atoms with Crippen molar-refractivity contribution in [3.05, 3.63) is 58.1 Å². The molecule has 0 unspecified atom stereocenters. The van der Waals surface area contributed by atoms with Crippen LogP contribution in [0.5, 0.6) is 0 Å². The summed E-state index contributed by atoms with van der Waals surface area (Å²) in [6.45, 7) is 10.4. The van der Waals surface area contributed by atoms with Crippen molar-refractivity contribution in [1.29, 1.82) is 0 Å². The van der Waals surface area contributed by atoms with Crippen molar-refractivity contribution in [3.63, 3.8) is 0 Å². The van der Waals surface area contributed by atoms with Gasteiger partial charge in [-0.05, 0) is 80.1 Å². The fourth-order valence-electron chi connectivity index (χ4n) is 3.81. The molecule has 3 rings (SSSR count). The van der Waals surface area contributed by atoms with E-state index in [4.69, 9.17) is 0 Å². The maximum atomic E-state index is 13.0. The highest BCUT2D eigenvalue weighted by Gasteiger charge is 2.26. The molecule has 0 aliphatic carbocycles. The van der Waals surface area contributed by atoms with E-state index in [2.05, 4.69) is 23.8 Å². The number of carbonyl (C=O) groups excluding carboxylic acids is 1. The van der Waals surface area contributed by atoms with Crippen LogP contribution in [0.1, 0.15) is 54.1 Å². The Labute approximate surface area is 167 Å². The first-order chi connectivity index (χ1) is 13.1. The first kappa shape index (κ1) is 20.6. The first-order valence-electron chi connectivity index (χ1n) is 9.67. The number of aryl methyl sites for hydroxylation is 3. The Hall–Kier alpha value is -2.18. The van der Waals surface area contributed by atoms with Gasteiger partial charge in [0.2, 0.25) is 15.9 Å². The highest BCUT2D eigenvalue weighted by Crippen LogP contribution is 2.31. The predicted octanol–water partition coefficient (Wildman–Crippen LogP) is 3.95. The molecule has 0 bridgehead atoms. The molecule has 28 heavy (non-hydrogen) atoms. The van der Waals surface area contributed by atoms with Gasteiger partial charge >= 0.3 is 0 Å². The number of hydrogen-bond acceptors (Lipinski definition) is 3. The van der Waals surface area contributed by atoms with E-state index in [1.807, 2.05) is 27.7 Å². The number of carbonyl (C=O) groups is 1. The maximum absolute atomic E-state index is 13.0. The number of amides is 1. The van der Waals surface area contributed by atoms with Crippen LogP contribution in [-0.2, 0) is 21.2 Å². The third-order valence-electron chi connectivity index (χ3n) is 5.54. The van der Waals surface area contributed by atoms with Gasteiger partial charge in [-0.3, -0.25) is 4.79 Å². The summed E-state index contributed by atoms with van der Waals surface area (Å²) < 4.78 is 28.7. The second-order valence-corrected chi connectivity index (χ2v) is 9.29. The van der Waals surface area contributed by atoms with Gasteiger partial charge in [0, 0.05) is 24.7 Å². The zero-order valence-electron chi connectivity index (χ0n) is 17.2. The molecule has 2 aromatic rings. The third-order valence-corrected chi connectivity index (χ3v) is 7.08. The van der Waals surface area contributed by atoms with E-state index in [-0.39, 0.29) is 16.8 Å². The summed E-state index contributed by atoms with van der Waals surface area (Å²) in [4.78, 5) is 14.0. The van der Waals surface area contributed by atoms with Gasteiger partial charge in [0.25, 0.3) is 0 Å². The summed E-state index contributed by atoms with van der Waals surface area (Å²) >= 11 is 0. The molecular formula is C22H28N2O3S. The van der Waals surface area contributed by atoms with Gasteiger partial charge in [-0.15, -0.1) is 0 Å². The molecule has 0 aromatic heterocycles. The Morgan fingerprint density at radius 1 is 1.11 bits per heavy atom. The SMILES string of the molecule is CCC(=O)N1CCc2cc(S(=O)(=O)N[C@@H](C)c3cc(C)c(C)cc3C)ccc21. The van der Waals surface area contributed by atoms with Crippen molar-refractivity contribution in [2.24, 2.45) is 0 Å². The van der Waals surface area contributed by atoms with E-state index in [0.29, 0.717) is 19.4 Å². The van der Waals surface area contributed by atoms with E-state index < -0.39 is 10.0 Å². The van der Waals surface area contributed by atoms with Crippen molar-refractivity contribution in [1.82, 2.24) is 4.72 Å². The van der Waals surface area contributed by atoms with Gasteiger partial charge in [-0.2, -0.15) is 0 Å². The number of fused-ring (bicyclic) bond motifs is 1. The highest BCUT2D eigenvalue weighted by atomic mass is 32.2. The molecule has 1 heterocycles. The Kier molecular flexibility index (Phi) is 5.64. The van der Waals surface area contributed by atoms with E-state index >= 15 is 0 Å². The second-order valence-electron chi connectivity index (χ2n) is 7.58. The average molecular weight is 401 g/mol. The molecular weight excluding hydrogens is 372 g/mol. The van der Waals surface area contributed by atoms with Gasteiger partial charge in [-0.1, -0.05) is 19.1 Å². The lowest BCUT2D eigenvalue weighted by molar-refractivity contribution is -0.118. The number of rotatable bonds is 5. The summed E-state index contributed by atoms with van der Waals surface area (Å²) in [7, 11) is -3.67. The molecule has 6 heteroatoms. The molecule has 0 saturated carbocycles. The number of benzene rings is 2. The second kappa shape index (κ2) is 7.68. The number of sulfonamides is 1. The Bertz CT molecular complexity index is 1030. The Morgan fingerprint density at radius 3 is 2.46 bits per heavy atom. The van der Waals surface area contributed by atoms with Crippen LogP contribution < -0.4 is 9.62 Å². The minimum atomic E-state index is -3.67. The molecule has 0 saturated heterocycles. The molecule has 5 nitrogen and oxygen atoms in total. The lowest BCUT2D eigenvalue weighted by Gasteiger charge is -2.19. The van der Waals surface area contributed by atoms with Crippen molar-refractivity contribution in [2.75, 3.05) is 11.4 Å². The van der Waals surface area contributed by atoms with Gasteiger partial charge in [0.05, 0.1) is 4.90 Å². The zero-order valence-corrected chi connectivity index (χ0v) is 18.0. The summed E-state index contributed by atoms with van der Waals surface area (Å²) in [5, 5.41) is 0. The van der Waals surface area contributed by atoms with Gasteiger partial charge < -0.3 is 4.90 Å². The van der Waals surface area contributed by atoms with Crippen LogP contribution in [0.15, 0.2) is 35.2 Å². The molecule has 1 atom stereocenters. The molecule has 2 aromatic carbocycles. The summed E-state index contributed by atoms with van der Waals surface area (Å²) in [6, 6.07) is 8.83. The number of anilines is 1. The van der Waals surface area contributed by atoms with Gasteiger partial charge in [0.15, 0.2) is 0 Å². The van der Waals surface area contributed by atoms with Crippen molar-refractivity contribution < 1.29 is 13.2 Å². The molecule has 1 aliphatic heterocycles. The van der Waals surface area contributed by atoms with Crippen LogP contribution in [-0.4, -0.2) is 20.9 Å². The molecule has 1 aliphatic rings. The Balaban J connectivity index is 1.86. The molecule has 1 N–H and O–H groups in total. The molecule has 0 radical (unpaired) electrons. The lowest BCUT2D eigenvalue weighted by Crippen LogP contribution is -2.28. The zero-order chi connectivity index (χ0) is 20.6. The molecule has 0 fully saturated rings. The largest absolute Gasteiger partial charge is 0.312 e. The van der Waals surface area contributed by atoms with Crippen LogP contribution in [0, 0.1) is 20.8 Å². The van der Waals surface area contributed by atoms with Crippen molar-refractivity contribution >= 4 is 21.6 Å². The third kappa shape index (κ3) is 3.84. The highest BCUT2D eigenvalue weighted by molar-refractivity contribution is 7.89. The van der Waals surface area contributed by atoms with Crippen LogP contribution >= 0.6 is 0 Å². The predicted molar refractivity (Wildman–Crippen MR) is 112 cm³/mol. The van der Waals surface area contributed by atoms with E-state index in [9.17, 15) is 13.2 Å². The van der Waals surface area contributed by atoms with Crippen molar-refractivity contribution in [3.8, 4) is 0 Å². The minimum absolute atomic E-state index is 0.0614. The lowest BCUT2D eigenvalue weighted by atomic mass is 9.97. The molecule has 1 amide bonds. The standard InChI is InChI=1S/C22H28N2O3S/c1-6-22(25)24-10-9-18-13-19(7-8-21(18)24)28(26,27)23-17(5)20-12-15(3)14(2)11-16(20)4/h7-8,11-13,17,23H,6,9-10H2,1-5H3/t17-/m0/s1. The fourth-order valence-corrected chi connectivity index (χ4v) is 5.08. The quantitative estimate of drug-likeness (QED) is 0.826. The fraction of sp³-hybridized carbons (Fsp3) is 0.409. The smallest absolute Gasteiger partial charge is 0.241 e.